The van der Waals surface area contributed by atoms with Crippen molar-refractivity contribution in [1.82, 2.24) is 0 Å². The largest absolute Gasteiger partial charge is 0.465 e. The van der Waals surface area contributed by atoms with Crippen molar-refractivity contribution in [3.8, 4) is 0 Å². The van der Waals surface area contributed by atoms with Crippen molar-refractivity contribution in [3.05, 3.63) is 0 Å². The molecule has 0 fully saturated rings. The zero-order valence-corrected chi connectivity index (χ0v) is 41.1. The first kappa shape index (κ1) is 59.8. The van der Waals surface area contributed by atoms with Crippen LogP contribution in [0.3, 0.4) is 0 Å². The summed E-state index contributed by atoms with van der Waals surface area (Å²) in [5.74, 6) is -0.861. The molecule has 0 aliphatic rings. The van der Waals surface area contributed by atoms with Crippen LogP contribution in [0, 0.1) is 11.8 Å². The van der Waals surface area contributed by atoms with Gasteiger partial charge in [0.05, 0.1) is 31.7 Å². The van der Waals surface area contributed by atoms with Crippen LogP contribution in [0.4, 0.5) is 0 Å². The standard InChI is InChI=1S/C53H100O9/c1-5-9-13-17-21-29-37-47(38-30-22-18-14-10-6-2)52(57)59-43-35-27-25-33-41-50(55)61-46-49(45-54)62-51(56)42-34-26-28-36-44-60-53(58)48(39-31-23-19-15-11-7-3)40-32-24-20-16-12-8-4/h47-49,54H,5-46H2,1-4H3/t49-/m1/s1. The van der Waals surface area contributed by atoms with E-state index in [1.807, 2.05) is 0 Å². The second kappa shape index (κ2) is 46.8. The van der Waals surface area contributed by atoms with Gasteiger partial charge in [-0.15, -0.1) is 0 Å². The monoisotopic (exact) mass is 881 g/mol. The van der Waals surface area contributed by atoms with Crippen molar-refractivity contribution >= 4 is 23.9 Å². The molecule has 9 nitrogen and oxygen atoms in total. The predicted molar refractivity (Wildman–Crippen MR) is 255 cm³/mol. The molecule has 0 saturated carbocycles. The Labute approximate surface area is 382 Å². The van der Waals surface area contributed by atoms with E-state index in [-0.39, 0.29) is 49.2 Å². The van der Waals surface area contributed by atoms with E-state index in [1.54, 1.807) is 0 Å². The Morgan fingerprint density at radius 3 is 1.03 bits per heavy atom. The summed E-state index contributed by atoms with van der Waals surface area (Å²) in [6, 6.07) is 0. The van der Waals surface area contributed by atoms with Crippen LogP contribution >= 0.6 is 0 Å². The molecule has 0 bridgehead atoms. The quantitative estimate of drug-likeness (QED) is 0.0361. The lowest BCUT2D eigenvalue weighted by Crippen LogP contribution is -2.28. The van der Waals surface area contributed by atoms with Gasteiger partial charge in [-0.3, -0.25) is 19.2 Å². The summed E-state index contributed by atoms with van der Waals surface area (Å²) in [7, 11) is 0. The minimum absolute atomic E-state index is 0.00679. The Kier molecular flexibility index (Phi) is 45.2. The molecule has 0 saturated heterocycles. The van der Waals surface area contributed by atoms with Gasteiger partial charge in [-0.2, -0.15) is 0 Å². The molecule has 0 aromatic rings. The molecule has 1 atom stereocenters. The van der Waals surface area contributed by atoms with Crippen LogP contribution in [-0.4, -0.2) is 61.5 Å². The number of rotatable bonds is 48. The topological polar surface area (TPSA) is 125 Å². The highest BCUT2D eigenvalue weighted by atomic mass is 16.6. The van der Waals surface area contributed by atoms with E-state index < -0.39 is 18.7 Å². The average molecular weight is 881 g/mol. The Morgan fingerprint density at radius 2 is 0.677 bits per heavy atom. The second-order valence-electron chi connectivity index (χ2n) is 18.3. The molecule has 366 valence electrons. The van der Waals surface area contributed by atoms with Crippen molar-refractivity contribution in [2.45, 2.75) is 278 Å². The molecule has 0 amide bonds. The minimum atomic E-state index is -0.882. The van der Waals surface area contributed by atoms with Gasteiger partial charge in [0.15, 0.2) is 6.10 Å². The van der Waals surface area contributed by atoms with Gasteiger partial charge in [-0.1, -0.05) is 207 Å². The van der Waals surface area contributed by atoms with Crippen molar-refractivity contribution in [2.75, 3.05) is 26.4 Å². The van der Waals surface area contributed by atoms with Crippen LogP contribution in [0.25, 0.3) is 0 Å². The van der Waals surface area contributed by atoms with E-state index in [0.717, 1.165) is 89.9 Å². The molecule has 0 spiro atoms. The van der Waals surface area contributed by atoms with Crippen LogP contribution in [0.5, 0.6) is 0 Å². The molecule has 0 unspecified atom stereocenters. The maximum atomic E-state index is 13.0. The van der Waals surface area contributed by atoms with E-state index in [1.165, 1.54) is 128 Å². The van der Waals surface area contributed by atoms with Gasteiger partial charge >= 0.3 is 23.9 Å². The van der Waals surface area contributed by atoms with Crippen LogP contribution in [0.15, 0.2) is 0 Å². The first-order valence-electron chi connectivity index (χ1n) is 26.6. The molecule has 0 rings (SSSR count). The molecule has 0 heterocycles. The summed E-state index contributed by atoms with van der Waals surface area (Å²) < 4.78 is 22.1. The lowest BCUT2D eigenvalue weighted by Gasteiger charge is -2.16. The van der Waals surface area contributed by atoms with Gasteiger partial charge in [0.25, 0.3) is 0 Å². The lowest BCUT2D eigenvalue weighted by molar-refractivity contribution is -0.161. The first-order valence-corrected chi connectivity index (χ1v) is 26.6. The van der Waals surface area contributed by atoms with Crippen molar-refractivity contribution in [1.29, 1.82) is 0 Å². The molecule has 1 N–H and O–H groups in total. The fraction of sp³-hybridized carbons (Fsp3) is 0.925. The van der Waals surface area contributed by atoms with E-state index in [4.69, 9.17) is 18.9 Å². The van der Waals surface area contributed by atoms with Crippen molar-refractivity contribution in [3.63, 3.8) is 0 Å². The van der Waals surface area contributed by atoms with Crippen molar-refractivity contribution in [2.24, 2.45) is 11.8 Å². The second-order valence-corrected chi connectivity index (χ2v) is 18.3. The number of carbonyl (C=O) groups is 4. The van der Waals surface area contributed by atoms with E-state index in [2.05, 4.69) is 27.7 Å². The molecule has 0 aromatic carbocycles. The van der Waals surface area contributed by atoms with E-state index in [0.29, 0.717) is 26.1 Å². The average Bonchev–Trinajstić information content (AvgIpc) is 3.27. The Morgan fingerprint density at radius 1 is 0.371 bits per heavy atom. The lowest BCUT2D eigenvalue weighted by atomic mass is 9.94. The van der Waals surface area contributed by atoms with Gasteiger partial charge in [-0.05, 0) is 51.4 Å². The zero-order chi connectivity index (χ0) is 45.6. The number of esters is 4. The highest BCUT2D eigenvalue weighted by Crippen LogP contribution is 2.23. The molecule has 0 aromatic heterocycles. The summed E-state index contributed by atoms with van der Waals surface area (Å²) in [4.78, 5) is 50.7. The third-order valence-electron chi connectivity index (χ3n) is 12.3. The molecule has 62 heavy (non-hydrogen) atoms. The normalized spacial score (nSPS) is 11.9. The number of carbonyl (C=O) groups excluding carboxylic acids is 4. The zero-order valence-electron chi connectivity index (χ0n) is 41.1. The van der Waals surface area contributed by atoms with Crippen LogP contribution in [-0.2, 0) is 38.1 Å². The Hall–Kier alpha value is -2.16. The minimum Gasteiger partial charge on any atom is -0.465 e. The summed E-state index contributed by atoms with van der Waals surface area (Å²) in [5.41, 5.74) is 0. The van der Waals surface area contributed by atoms with E-state index >= 15 is 0 Å². The first-order chi connectivity index (χ1) is 30.3. The maximum absolute atomic E-state index is 13.0. The molecule has 0 aliphatic carbocycles. The van der Waals surface area contributed by atoms with Crippen molar-refractivity contribution < 1.29 is 43.2 Å². The fourth-order valence-electron chi connectivity index (χ4n) is 8.10. The number of hydrogen-bond acceptors (Lipinski definition) is 9. The summed E-state index contributed by atoms with van der Waals surface area (Å²) in [5, 5.41) is 9.71. The molecular weight excluding hydrogens is 781 g/mol. The highest BCUT2D eigenvalue weighted by molar-refractivity contribution is 5.73. The van der Waals surface area contributed by atoms with E-state index in [9.17, 15) is 24.3 Å². The molecule has 0 radical (unpaired) electrons. The Bertz CT molecular complexity index is 985. The third kappa shape index (κ3) is 39.4. The van der Waals surface area contributed by atoms with Gasteiger partial charge in [-0.25, -0.2) is 0 Å². The van der Waals surface area contributed by atoms with Gasteiger partial charge in [0.1, 0.15) is 6.61 Å². The molecule has 0 aliphatic heterocycles. The smallest absolute Gasteiger partial charge is 0.308 e. The number of aliphatic hydroxyl groups excluding tert-OH is 1. The number of hydrogen-bond donors (Lipinski definition) is 1. The third-order valence-corrected chi connectivity index (χ3v) is 12.3. The van der Waals surface area contributed by atoms with Gasteiger partial charge in [0, 0.05) is 12.8 Å². The maximum Gasteiger partial charge on any atom is 0.308 e. The van der Waals surface area contributed by atoms with Gasteiger partial charge in [0.2, 0.25) is 0 Å². The SMILES string of the molecule is CCCCCCCCC(CCCCCCCC)C(=O)OCCCCCCC(=O)OC[C@@H](CO)OC(=O)CCCCCCOC(=O)C(CCCCCCCC)CCCCCCCC. The van der Waals surface area contributed by atoms with Crippen LogP contribution in [0.2, 0.25) is 0 Å². The molecular formula is C53H100O9. The van der Waals surface area contributed by atoms with Crippen LogP contribution < -0.4 is 0 Å². The predicted octanol–water partition coefficient (Wildman–Crippen LogP) is 14.7. The Balaban J connectivity index is 4.22. The highest BCUT2D eigenvalue weighted by Gasteiger charge is 2.21. The number of ether oxygens (including phenoxy) is 4. The fourth-order valence-corrected chi connectivity index (χ4v) is 8.10. The molecule has 9 heteroatoms. The summed E-state index contributed by atoms with van der Waals surface area (Å²) in [6.07, 6.45) is 38.9. The number of aliphatic hydroxyl groups is 1. The number of unbranched alkanes of at least 4 members (excludes halogenated alkanes) is 26. The van der Waals surface area contributed by atoms with Crippen LogP contribution in [0.1, 0.15) is 272 Å². The summed E-state index contributed by atoms with van der Waals surface area (Å²) in [6.45, 7) is 9.18. The summed E-state index contributed by atoms with van der Waals surface area (Å²) >= 11 is 0. The van der Waals surface area contributed by atoms with Gasteiger partial charge < -0.3 is 24.1 Å².